The summed E-state index contributed by atoms with van der Waals surface area (Å²) in [6.45, 7) is 1.91. The molecule has 1 aromatic rings. The maximum Gasteiger partial charge on any atom is 0.341 e. The molecule has 0 spiro atoms. The normalized spacial score (nSPS) is 25.1. The molecular formula is C34H52O6. The van der Waals surface area contributed by atoms with E-state index in [1.54, 1.807) is 0 Å². The molecule has 0 aliphatic heterocycles. The summed E-state index contributed by atoms with van der Waals surface area (Å²) in [6, 6.07) is 5.93. The molecule has 224 valence electrons. The molecule has 0 unspecified atom stereocenters. The molecule has 2 saturated carbocycles. The van der Waals surface area contributed by atoms with Crippen LogP contribution in [-0.4, -0.2) is 41.0 Å². The minimum Gasteiger partial charge on any atom is -0.482 e. The average Bonchev–Trinajstić information content (AvgIpc) is 3.26. The maximum absolute atomic E-state index is 13.0. The first-order valence-electron chi connectivity index (χ1n) is 16.3. The van der Waals surface area contributed by atoms with Gasteiger partial charge in [0.2, 0.25) is 0 Å². The van der Waals surface area contributed by atoms with Crippen LogP contribution < -0.4 is 4.74 Å². The first-order chi connectivity index (χ1) is 19.5. The second-order valence-corrected chi connectivity index (χ2v) is 12.8. The lowest BCUT2D eigenvalue weighted by atomic mass is 9.73. The lowest BCUT2D eigenvalue weighted by Crippen LogP contribution is -2.30. The van der Waals surface area contributed by atoms with Crippen molar-refractivity contribution in [2.75, 3.05) is 6.61 Å². The van der Waals surface area contributed by atoms with Crippen LogP contribution in [0.15, 0.2) is 18.2 Å². The van der Waals surface area contributed by atoms with Crippen LogP contribution in [0.25, 0.3) is 0 Å². The monoisotopic (exact) mass is 556 g/mol. The predicted molar refractivity (Wildman–Crippen MR) is 156 cm³/mol. The molecule has 0 heterocycles. The van der Waals surface area contributed by atoms with Crippen molar-refractivity contribution in [2.45, 2.75) is 135 Å². The minimum absolute atomic E-state index is 0.0120. The molecule has 40 heavy (non-hydrogen) atoms. The largest absolute Gasteiger partial charge is 0.482 e. The van der Waals surface area contributed by atoms with Gasteiger partial charge in [-0.3, -0.25) is 4.79 Å². The van der Waals surface area contributed by atoms with Crippen LogP contribution in [0, 0.1) is 23.7 Å². The van der Waals surface area contributed by atoms with E-state index in [1.807, 2.05) is 12.1 Å². The fourth-order valence-corrected chi connectivity index (χ4v) is 7.65. The molecule has 3 aliphatic carbocycles. The lowest BCUT2D eigenvalue weighted by molar-refractivity contribution is -0.156. The first-order valence-corrected chi connectivity index (χ1v) is 16.3. The van der Waals surface area contributed by atoms with Crippen LogP contribution in [0.5, 0.6) is 5.75 Å². The number of carbonyl (C=O) groups excluding carboxylic acids is 1. The number of carboxylic acids is 1. The van der Waals surface area contributed by atoms with Gasteiger partial charge in [-0.2, -0.15) is 0 Å². The third-order valence-corrected chi connectivity index (χ3v) is 9.87. The van der Waals surface area contributed by atoms with Crippen molar-refractivity contribution < 1.29 is 29.3 Å². The van der Waals surface area contributed by atoms with E-state index in [1.165, 1.54) is 50.5 Å². The highest BCUT2D eigenvalue weighted by Crippen LogP contribution is 2.48. The number of aliphatic hydroxyl groups excluding tert-OH is 1. The number of hydrogen-bond donors (Lipinski definition) is 2. The van der Waals surface area contributed by atoms with Crippen LogP contribution in [0.3, 0.4) is 0 Å². The van der Waals surface area contributed by atoms with E-state index >= 15 is 0 Å². The summed E-state index contributed by atoms with van der Waals surface area (Å²) in [5.41, 5.74) is 2.32. The maximum atomic E-state index is 13.0. The summed E-state index contributed by atoms with van der Waals surface area (Å²) in [5.74, 6) is 0.737. The van der Waals surface area contributed by atoms with E-state index in [0.717, 1.165) is 76.2 Å². The Hall–Kier alpha value is -2.08. The van der Waals surface area contributed by atoms with Gasteiger partial charge in [-0.15, -0.1) is 0 Å². The van der Waals surface area contributed by atoms with Gasteiger partial charge < -0.3 is 19.7 Å². The van der Waals surface area contributed by atoms with Gasteiger partial charge in [0, 0.05) is 0 Å². The third kappa shape index (κ3) is 8.71. The number of carboxylic acid groups (broad SMARTS) is 1. The van der Waals surface area contributed by atoms with E-state index in [2.05, 4.69) is 13.0 Å². The number of unbranched alkanes of at least 4 members (excludes halogenated alkanes) is 6. The van der Waals surface area contributed by atoms with Crippen molar-refractivity contribution in [2.24, 2.45) is 23.7 Å². The van der Waals surface area contributed by atoms with Gasteiger partial charge >= 0.3 is 11.9 Å². The number of aliphatic carboxylic acids is 1. The number of ether oxygens (including phenoxy) is 2. The van der Waals surface area contributed by atoms with Crippen LogP contribution in [-0.2, 0) is 27.2 Å². The van der Waals surface area contributed by atoms with E-state index in [-0.39, 0.29) is 36.6 Å². The third-order valence-electron chi connectivity index (χ3n) is 9.87. The Kier molecular flexibility index (Phi) is 12.2. The number of rotatable bonds is 16. The molecule has 5 atom stereocenters. The molecule has 4 rings (SSSR count). The molecule has 1 aromatic carbocycles. The average molecular weight is 557 g/mol. The van der Waals surface area contributed by atoms with Crippen LogP contribution in [0.4, 0.5) is 0 Å². The fourth-order valence-electron chi connectivity index (χ4n) is 7.65. The zero-order chi connectivity index (χ0) is 28.3. The van der Waals surface area contributed by atoms with E-state index in [0.29, 0.717) is 17.6 Å². The summed E-state index contributed by atoms with van der Waals surface area (Å²) in [4.78, 5) is 24.1. The van der Waals surface area contributed by atoms with Gasteiger partial charge in [0.1, 0.15) is 11.9 Å². The van der Waals surface area contributed by atoms with Crippen LogP contribution in [0.1, 0.15) is 121 Å². The van der Waals surface area contributed by atoms with Crippen molar-refractivity contribution in [1.82, 2.24) is 0 Å². The van der Waals surface area contributed by atoms with Crippen molar-refractivity contribution in [3.05, 3.63) is 29.3 Å². The Balaban J connectivity index is 1.34. The Labute approximate surface area is 241 Å². The number of aliphatic hydroxyl groups is 1. The Bertz CT molecular complexity index is 938. The molecule has 0 amide bonds. The van der Waals surface area contributed by atoms with Gasteiger partial charge in [0.15, 0.2) is 6.61 Å². The molecule has 6 heteroatoms. The van der Waals surface area contributed by atoms with Gasteiger partial charge in [0.25, 0.3) is 0 Å². The number of fused-ring (bicyclic) bond motifs is 2. The van der Waals surface area contributed by atoms with Crippen molar-refractivity contribution in [3.8, 4) is 5.75 Å². The topological polar surface area (TPSA) is 93.1 Å². The van der Waals surface area contributed by atoms with Crippen molar-refractivity contribution in [3.63, 3.8) is 0 Å². The van der Waals surface area contributed by atoms with Gasteiger partial charge in [-0.05, 0) is 92.7 Å². The molecule has 0 bridgehead atoms. The molecule has 2 fully saturated rings. The summed E-state index contributed by atoms with van der Waals surface area (Å²) in [5, 5.41) is 20.2. The van der Waals surface area contributed by atoms with Gasteiger partial charge in [-0.25, -0.2) is 4.79 Å². The second-order valence-electron chi connectivity index (χ2n) is 12.8. The predicted octanol–water partition coefficient (Wildman–Crippen LogP) is 7.27. The minimum atomic E-state index is -0.974. The molecule has 0 aromatic heterocycles. The van der Waals surface area contributed by atoms with Crippen molar-refractivity contribution in [1.29, 1.82) is 0 Å². The summed E-state index contributed by atoms with van der Waals surface area (Å²) >= 11 is 0. The standard InChI is InChI=1S/C34H52O6/c1-2-3-4-5-6-7-11-16-27(40-34(38)24-13-9-8-10-14-24)18-19-28-29-20-25-15-12-17-32(39-23-33(36)37)30(25)21-26(29)22-31(28)35/h12,15,17,24,26-29,31,35H,2-11,13-14,16,18-23H2,1H3,(H,36,37)/t26-,27-,28+,29-,31+/m0/s1. The fraction of sp³-hybridized carbons (Fsp3) is 0.765. The highest BCUT2D eigenvalue weighted by molar-refractivity contribution is 5.72. The Morgan fingerprint density at radius 3 is 2.48 bits per heavy atom. The summed E-state index contributed by atoms with van der Waals surface area (Å²) in [7, 11) is 0. The quantitative estimate of drug-likeness (QED) is 0.164. The smallest absolute Gasteiger partial charge is 0.341 e. The van der Waals surface area contributed by atoms with E-state index in [4.69, 9.17) is 14.6 Å². The number of carbonyl (C=O) groups is 2. The molecule has 0 saturated heterocycles. The highest BCUT2D eigenvalue weighted by Gasteiger charge is 2.45. The highest BCUT2D eigenvalue weighted by atomic mass is 16.5. The zero-order valence-electron chi connectivity index (χ0n) is 24.7. The number of hydrogen-bond acceptors (Lipinski definition) is 5. The lowest BCUT2D eigenvalue weighted by Gasteiger charge is -2.33. The van der Waals surface area contributed by atoms with Crippen LogP contribution >= 0.6 is 0 Å². The summed E-state index contributed by atoms with van der Waals surface area (Å²) < 4.78 is 11.8. The SMILES string of the molecule is CCCCCCCCC[C@@H](CC[C@@H]1[C@H]2Cc3cccc(OCC(=O)O)c3C[C@H]2C[C@H]1O)OC(=O)C1CCCCC1. The van der Waals surface area contributed by atoms with Crippen LogP contribution in [0.2, 0.25) is 0 Å². The number of benzene rings is 1. The van der Waals surface area contributed by atoms with Crippen molar-refractivity contribution >= 4 is 11.9 Å². The van der Waals surface area contributed by atoms with E-state index < -0.39 is 5.97 Å². The molecule has 6 nitrogen and oxygen atoms in total. The van der Waals surface area contributed by atoms with E-state index in [9.17, 15) is 14.7 Å². The number of esters is 1. The molecule has 0 radical (unpaired) electrons. The molecular weight excluding hydrogens is 504 g/mol. The molecule has 2 N–H and O–H groups in total. The van der Waals surface area contributed by atoms with Gasteiger partial charge in [0.05, 0.1) is 12.0 Å². The van der Waals surface area contributed by atoms with Gasteiger partial charge in [-0.1, -0.05) is 76.8 Å². The molecule has 3 aliphatic rings. The summed E-state index contributed by atoms with van der Waals surface area (Å²) in [6.07, 6.45) is 18.9. The Morgan fingerprint density at radius 2 is 1.73 bits per heavy atom. The first kappa shape index (κ1) is 30.9. The second kappa shape index (κ2) is 15.8. The Morgan fingerprint density at radius 1 is 0.975 bits per heavy atom. The zero-order valence-corrected chi connectivity index (χ0v) is 24.7.